The molecule has 0 atom stereocenters. The number of quaternary nitrogens is 1. The summed E-state index contributed by atoms with van der Waals surface area (Å²) in [6.07, 6.45) is 1.98. The third-order valence-corrected chi connectivity index (χ3v) is 1.11. The molecule has 5 N–H and O–H groups in total. The molecule has 0 aliphatic rings. The van der Waals surface area contributed by atoms with Gasteiger partial charge in [0.15, 0.2) is 0 Å². The Kier molecular flexibility index (Phi) is 4.01. The minimum Gasteiger partial charge on any atom is -0.354 e. The average Bonchev–Trinajstić information content (AvgIpc) is 1.87. The second kappa shape index (κ2) is 4.30. The molecule has 0 aliphatic carbocycles. The second-order valence-electron chi connectivity index (χ2n) is 2.10. The third kappa shape index (κ3) is 3.94. The van der Waals surface area contributed by atoms with Crippen LogP contribution in [0.3, 0.4) is 0 Å². The van der Waals surface area contributed by atoms with Gasteiger partial charge in [-0.05, 0) is 18.1 Å². The predicted molar refractivity (Wildman–Crippen MR) is 39.7 cm³/mol. The van der Waals surface area contributed by atoms with Crippen LogP contribution in [0.5, 0.6) is 0 Å². The van der Waals surface area contributed by atoms with Crippen molar-refractivity contribution >= 4 is 0 Å². The number of nitrogens with two attached hydrogens (primary N) is 1. The average molecular weight is 127 g/mol. The van der Waals surface area contributed by atoms with Crippen LogP contribution in [-0.2, 0) is 0 Å². The topological polar surface area (TPSA) is 53.7 Å². The molecule has 0 aromatic heterocycles. The fraction of sp³-hybridized carbons (Fsp3) is 0.429. The van der Waals surface area contributed by atoms with Gasteiger partial charge in [-0.15, -0.1) is 0 Å². The number of hydrogen-bond acceptors (Lipinski definition) is 1. The Morgan fingerprint density at radius 3 is 2.67 bits per heavy atom. The molecule has 0 heterocycles. The second-order valence-corrected chi connectivity index (χ2v) is 2.10. The van der Waals surface area contributed by atoms with Crippen molar-refractivity contribution in [1.82, 2.24) is 0 Å². The molecule has 0 fully saturated rings. The van der Waals surface area contributed by atoms with E-state index in [-0.39, 0.29) is 0 Å². The number of hydrogen-bond donors (Lipinski definition) is 2. The highest BCUT2D eigenvalue weighted by Crippen LogP contribution is 1.94. The molecule has 9 heavy (non-hydrogen) atoms. The van der Waals surface area contributed by atoms with E-state index in [2.05, 4.69) is 12.3 Å². The van der Waals surface area contributed by atoms with Crippen LogP contribution < -0.4 is 11.5 Å². The zero-order valence-corrected chi connectivity index (χ0v) is 5.98. The van der Waals surface area contributed by atoms with Crippen LogP contribution >= 0.6 is 0 Å². The highest BCUT2D eigenvalue weighted by atomic mass is 14.5. The van der Waals surface area contributed by atoms with Crippen molar-refractivity contribution in [3.8, 4) is 0 Å². The minimum atomic E-state index is 0.539. The fourth-order valence-electron chi connectivity index (χ4n) is 0.480. The maximum absolute atomic E-state index is 5.31. The molecule has 0 aromatic carbocycles. The lowest BCUT2D eigenvalue weighted by molar-refractivity contribution is -0.355. The Bertz CT molecular complexity index is 125. The Hall–Kier alpha value is -0.600. The van der Waals surface area contributed by atoms with Gasteiger partial charge >= 0.3 is 0 Å². The molecule has 0 saturated heterocycles. The molecule has 2 nitrogen and oxygen atoms in total. The van der Waals surface area contributed by atoms with Crippen molar-refractivity contribution in [3.63, 3.8) is 0 Å². The molecule has 2 heteroatoms. The summed E-state index contributed by atoms with van der Waals surface area (Å²) in [5, 5.41) is 0. The lowest BCUT2D eigenvalue weighted by Crippen LogP contribution is -2.50. The highest BCUT2D eigenvalue weighted by Gasteiger charge is 1.87. The molecule has 0 aliphatic heterocycles. The maximum Gasteiger partial charge on any atom is 0.0957 e. The standard InChI is InChI=1S/C7H14N2/c1-6(4-8)3-7(2)5-9/h3H,1,4-5,8-9H2,2H3/p+1. The summed E-state index contributed by atoms with van der Waals surface area (Å²) in [5.74, 6) is 0. The van der Waals surface area contributed by atoms with E-state index in [0.29, 0.717) is 6.54 Å². The van der Waals surface area contributed by atoms with Gasteiger partial charge in [0, 0.05) is 6.54 Å². The monoisotopic (exact) mass is 127 g/mol. The molecule has 0 aromatic rings. The van der Waals surface area contributed by atoms with Crippen LogP contribution in [0, 0.1) is 0 Å². The Morgan fingerprint density at radius 2 is 2.33 bits per heavy atom. The summed E-state index contributed by atoms with van der Waals surface area (Å²) in [6.45, 7) is 7.12. The zero-order chi connectivity index (χ0) is 7.28. The van der Waals surface area contributed by atoms with E-state index in [9.17, 15) is 0 Å². The van der Waals surface area contributed by atoms with Crippen LogP contribution in [0.25, 0.3) is 0 Å². The molecule has 0 spiro atoms. The Balaban J connectivity index is 3.79. The molecule has 0 unspecified atom stereocenters. The van der Waals surface area contributed by atoms with Gasteiger partial charge in [0.05, 0.1) is 6.54 Å². The van der Waals surface area contributed by atoms with Crippen molar-refractivity contribution in [2.24, 2.45) is 5.73 Å². The van der Waals surface area contributed by atoms with Crippen molar-refractivity contribution in [3.05, 3.63) is 23.8 Å². The molecular weight excluding hydrogens is 112 g/mol. The van der Waals surface area contributed by atoms with Gasteiger partial charge in [-0.1, -0.05) is 12.7 Å². The summed E-state index contributed by atoms with van der Waals surface area (Å²) < 4.78 is 0. The van der Waals surface area contributed by atoms with Gasteiger partial charge in [0.25, 0.3) is 0 Å². The van der Waals surface area contributed by atoms with E-state index in [4.69, 9.17) is 5.73 Å². The molecule has 52 valence electrons. The van der Waals surface area contributed by atoms with Crippen LogP contribution in [0.2, 0.25) is 0 Å². The molecule has 0 radical (unpaired) electrons. The van der Waals surface area contributed by atoms with Crippen LogP contribution in [0.1, 0.15) is 6.92 Å². The van der Waals surface area contributed by atoms with Crippen molar-refractivity contribution in [2.45, 2.75) is 6.92 Å². The van der Waals surface area contributed by atoms with Gasteiger partial charge in [-0.2, -0.15) is 0 Å². The summed E-state index contributed by atoms with van der Waals surface area (Å²) in [5.41, 5.74) is 11.2. The lowest BCUT2D eigenvalue weighted by atomic mass is 10.2. The van der Waals surface area contributed by atoms with E-state index in [0.717, 1.165) is 12.1 Å². The van der Waals surface area contributed by atoms with Crippen molar-refractivity contribution in [1.29, 1.82) is 0 Å². The lowest BCUT2D eigenvalue weighted by Gasteiger charge is -1.94. The van der Waals surface area contributed by atoms with Crippen molar-refractivity contribution < 1.29 is 5.73 Å². The minimum absolute atomic E-state index is 0.539. The van der Waals surface area contributed by atoms with Crippen LogP contribution in [0.4, 0.5) is 0 Å². The SMILES string of the molecule is C=C(C=C(C)C[NH3+])CN. The van der Waals surface area contributed by atoms with Gasteiger partial charge < -0.3 is 11.5 Å². The van der Waals surface area contributed by atoms with E-state index < -0.39 is 0 Å². The van der Waals surface area contributed by atoms with Crippen LogP contribution in [0.15, 0.2) is 23.8 Å². The van der Waals surface area contributed by atoms with Gasteiger partial charge in [-0.25, -0.2) is 0 Å². The Morgan fingerprint density at radius 1 is 1.78 bits per heavy atom. The summed E-state index contributed by atoms with van der Waals surface area (Å²) in [7, 11) is 0. The Labute approximate surface area is 56.2 Å². The molecule has 0 rings (SSSR count). The smallest absolute Gasteiger partial charge is 0.0957 e. The van der Waals surface area contributed by atoms with E-state index in [1.54, 1.807) is 0 Å². The molecule has 0 amide bonds. The molecular formula is C7H15N2+. The number of rotatable bonds is 3. The first-order valence-corrected chi connectivity index (χ1v) is 3.05. The van der Waals surface area contributed by atoms with Gasteiger partial charge in [0.2, 0.25) is 0 Å². The first-order valence-electron chi connectivity index (χ1n) is 3.05. The highest BCUT2D eigenvalue weighted by molar-refractivity contribution is 5.20. The summed E-state index contributed by atoms with van der Waals surface area (Å²) in [4.78, 5) is 0. The zero-order valence-electron chi connectivity index (χ0n) is 5.98. The first kappa shape index (κ1) is 8.40. The van der Waals surface area contributed by atoms with E-state index in [1.807, 2.05) is 13.0 Å². The van der Waals surface area contributed by atoms with Crippen LogP contribution in [-0.4, -0.2) is 13.1 Å². The quantitative estimate of drug-likeness (QED) is 0.502. The largest absolute Gasteiger partial charge is 0.354 e. The van der Waals surface area contributed by atoms with Gasteiger partial charge in [-0.3, -0.25) is 0 Å². The summed E-state index contributed by atoms with van der Waals surface area (Å²) >= 11 is 0. The normalized spacial score (nSPS) is 11.7. The maximum atomic E-state index is 5.31. The first-order chi connectivity index (χ1) is 4.20. The molecule has 0 bridgehead atoms. The van der Waals surface area contributed by atoms with E-state index >= 15 is 0 Å². The predicted octanol–water partition coefficient (Wildman–Crippen LogP) is -0.310. The molecule has 0 saturated carbocycles. The van der Waals surface area contributed by atoms with Gasteiger partial charge in [0.1, 0.15) is 0 Å². The van der Waals surface area contributed by atoms with E-state index in [1.165, 1.54) is 5.57 Å². The van der Waals surface area contributed by atoms with Crippen molar-refractivity contribution in [2.75, 3.05) is 13.1 Å². The summed E-state index contributed by atoms with van der Waals surface area (Å²) in [6, 6.07) is 0. The third-order valence-electron chi connectivity index (χ3n) is 1.11. The fourth-order valence-corrected chi connectivity index (χ4v) is 0.480.